The van der Waals surface area contributed by atoms with Crippen LogP contribution in [0.3, 0.4) is 0 Å². The number of halogens is 2. The highest BCUT2D eigenvalue weighted by molar-refractivity contribution is 6.30. The average molecular weight is 267 g/mol. The second-order valence-corrected chi connectivity index (χ2v) is 4.40. The van der Waals surface area contributed by atoms with Gasteiger partial charge in [0.1, 0.15) is 12.4 Å². The molecule has 3 heteroatoms. The summed E-state index contributed by atoms with van der Waals surface area (Å²) in [6.45, 7) is 0.515. The second kappa shape index (κ2) is 5.95. The highest BCUT2D eigenvalue weighted by Gasteiger charge is 1.97. The standard InChI is InChI=1S/C14H12Cl2O/c15-9-11-4-6-14(7-5-11)17-10-12-2-1-3-13(16)8-12/h1-8H,9-10H2. The van der Waals surface area contributed by atoms with Crippen molar-refractivity contribution in [1.29, 1.82) is 0 Å². The molecule has 0 heterocycles. The van der Waals surface area contributed by atoms with Gasteiger partial charge in [-0.15, -0.1) is 11.6 Å². The molecule has 0 unspecified atom stereocenters. The van der Waals surface area contributed by atoms with Crippen LogP contribution in [-0.2, 0) is 12.5 Å². The second-order valence-electron chi connectivity index (χ2n) is 3.70. The van der Waals surface area contributed by atoms with Gasteiger partial charge in [-0.1, -0.05) is 35.9 Å². The molecule has 0 aliphatic rings. The van der Waals surface area contributed by atoms with E-state index in [2.05, 4.69) is 0 Å². The van der Waals surface area contributed by atoms with E-state index in [0.29, 0.717) is 12.5 Å². The largest absolute Gasteiger partial charge is 0.489 e. The average Bonchev–Trinajstić information content (AvgIpc) is 2.37. The maximum Gasteiger partial charge on any atom is 0.119 e. The summed E-state index contributed by atoms with van der Waals surface area (Å²) in [5.41, 5.74) is 2.14. The molecule has 0 radical (unpaired) electrons. The van der Waals surface area contributed by atoms with Crippen molar-refractivity contribution in [1.82, 2.24) is 0 Å². The Hall–Kier alpha value is -1.18. The van der Waals surface area contributed by atoms with E-state index in [4.69, 9.17) is 27.9 Å². The molecule has 0 aliphatic heterocycles. The SMILES string of the molecule is ClCc1ccc(OCc2cccc(Cl)c2)cc1. The van der Waals surface area contributed by atoms with Gasteiger partial charge in [0.05, 0.1) is 0 Å². The molecular formula is C14H12Cl2O. The van der Waals surface area contributed by atoms with Crippen molar-refractivity contribution in [3.05, 3.63) is 64.7 Å². The first-order valence-corrected chi connectivity index (χ1v) is 6.21. The number of hydrogen-bond acceptors (Lipinski definition) is 1. The molecule has 2 rings (SSSR count). The van der Waals surface area contributed by atoms with Gasteiger partial charge in [0.15, 0.2) is 0 Å². The first-order chi connectivity index (χ1) is 8.28. The van der Waals surface area contributed by atoms with Crippen molar-refractivity contribution in [2.24, 2.45) is 0 Å². The Balaban J connectivity index is 1.97. The van der Waals surface area contributed by atoms with Gasteiger partial charge in [0.25, 0.3) is 0 Å². The Morgan fingerprint density at radius 2 is 1.71 bits per heavy atom. The van der Waals surface area contributed by atoms with Gasteiger partial charge < -0.3 is 4.74 Å². The molecule has 0 bridgehead atoms. The molecule has 0 amide bonds. The first-order valence-electron chi connectivity index (χ1n) is 5.30. The zero-order valence-electron chi connectivity index (χ0n) is 9.20. The van der Waals surface area contributed by atoms with Gasteiger partial charge in [-0.25, -0.2) is 0 Å². The summed E-state index contributed by atoms with van der Waals surface area (Å²) >= 11 is 11.6. The summed E-state index contributed by atoms with van der Waals surface area (Å²) < 4.78 is 5.64. The van der Waals surface area contributed by atoms with Crippen LogP contribution in [0.4, 0.5) is 0 Å². The molecule has 0 saturated heterocycles. The molecule has 0 saturated carbocycles. The van der Waals surface area contributed by atoms with Gasteiger partial charge in [0.2, 0.25) is 0 Å². The van der Waals surface area contributed by atoms with Crippen LogP contribution in [0, 0.1) is 0 Å². The Bertz CT molecular complexity index is 480. The van der Waals surface area contributed by atoms with Crippen molar-refractivity contribution in [3.8, 4) is 5.75 Å². The third kappa shape index (κ3) is 3.65. The molecule has 0 spiro atoms. The lowest BCUT2D eigenvalue weighted by Gasteiger charge is -2.07. The number of alkyl halides is 1. The lowest BCUT2D eigenvalue weighted by molar-refractivity contribution is 0.306. The van der Waals surface area contributed by atoms with Crippen LogP contribution in [0.5, 0.6) is 5.75 Å². The monoisotopic (exact) mass is 266 g/mol. The maximum absolute atomic E-state index is 5.90. The molecule has 0 aliphatic carbocycles. The Labute approximate surface area is 111 Å². The fraction of sp³-hybridized carbons (Fsp3) is 0.143. The van der Waals surface area contributed by atoms with E-state index in [1.165, 1.54) is 0 Å². The third-order valence-electron chi connectivity index (χ3n) is 2.37. The summed E-state index contributed by atoms with van der Waals surface area (Å²) in [5.74, 6) is 1.35. The quantitative estimate of drug-likeness (QED) is 0.732. The van der Waals surface area contributed by atoms with Crippen LogP contribution in [0.2, 0.25) is 5.02 Å². The van der Waals surface area contributed by atoms with Gasteiger partial charge >= 0.3 is 0 Å². The Morgan fingerprint density at radius 3 is 2.35 bits per heavy atom. The molecule has 1 nitrogen and oxygen atoms in total. The molecule has 0 aromatic heterocycles. The fourth-order valence-electron chi connectivity index (χ4n) is 1.47. The van der Waals surface area contributed by atoms with E-state index in [1.54, 1.807) is 0 Å². The van der Waals surface area contributed by atoms with E-state index >= 15 is 0 Å². The Kier molecular flexibility index (Phi) is 4.29. The predicted octanol–water partition coefficient (Wildman–Crippen LogP) is 4.66. The molecule has 88 valence electrons. The van der Waals surface area contributed by atoms with E-state index in [1.807, 2.05) is 48.5 Å². The highest BCUT2D eigenvalue weighted by Crippen LogP contribution is 2.16. The van der Waals surface area contributed by atoms with E-state index in [9.17, 15) is 0 Å². The zero-order valence-corrected chi connectivity index (χ0v) is 10.7. The van der Waals surface area contributed by atoms with Crippen molar-refractivity contribution in [3.63, 3.8) is 0 Å². The smallest absolute Gasteiger partial charge is 0.119 e. The maximum atomic E-state index is 5.90. The Morgan fingerprint density at radius 1 is 0.941 bits per heavy atom. The molecule has 2 aromatic carbocycles. The summed E-state index contributed by atoms with van der Waals surface area (Å²) in [7, 11) is 0. The van der Waals surface area contributed by atoms with Gasteiger partial charge in [-0.05, 0) is 35.4 Å². The minimum Gasteiger partial charge on any atom is -0.489 e. The molecule has 2 aromatic rings. The van der Waals surface area contributed by atoms with Crippen LogP contribution in [0.1, 0.15) is 11.1 Å². The molecule has 0 N–H and O–H groups in total. The lowest BCUT2D eigenvalue weighted by Crippen LogP contribution is -1.95. The minimum atomic E-state index is 0.515. The van der Waals surface area contributed by atoms with Crippen LogP contribution in [0.25, 0.3) is 0 Å². The number of rotatable bonds is 4. The summed E-state index contributed by atoms with van der Waals surface area (Å²) in [4.78, 5) is 0. The molecule has 0 fully saturated rings. The first kappa shape index (κ1) is 12.3. The topological polar surface area (TPSA) is 9.23 Å². The van der Waals surface area contributed by atoms with Crippen LogP contribution < -0.4 is 4.74 Å². The van der Waals surface area contributed by atoms with E-state index in [-0.39, 0.29) is 0 Å². The molecule has 17 heavy (non-hydrogen) atoms. The number of hydrogen-bond donors (Lipinski definition) is 0. The highest BCUT2D eigenvalue weighted by atomic mass is 35.5. The van der Waals surface area contributed by atoms with Crippen molar-refractivity contribution in [2.45, 2.75) is 12.5 Å². The molecule has 0 atom stereocenters. The van der Waals surface area contributed by atoms with Crippen LogP contribution in [-0.4, -0.2) is 0 Å². The van der Waals surface area contributed by atoms with Crippen molar-refractivity contribution < 1.29 is 4.74 Å². The fourth-order valence-corrected chi connectivity index (χ4v) is 1.86. The van der Waals surface area contributed by atoms with E-state index < -0.39 is 0 Å². The normalized spacial score (nSPS) is 10.2. The third-order valence-corrected chi connectivity index (χ3v) is 2.92. The number of benzene rings is 2. The summed E-state index contributed by atoms with van der Waals surface area (Å²) in [5, 5.41) is 0.726. The molecular weight excluding hydrogens is 255 g/mol. The summed E-state index contributed by atoms with van der Waals surface area (Å²) in [6, 6.07) is 15.4. The van der Waals surface area contributed by atoms with Crippen LogP contribution in [0.15, 0.2) is 48.5 Å². The predicted molar refractivity (Wildman–Crippen MR) is 71.8 cm³/mol. The van der Waals surface area contributed by atoms with Crippen molar-refractivity contribution in [2.75, 3.05) is 0 Å². The van der Waals surface area contributed by atoms with Gasteiger partial charge in [0, 0.05) is 10.9 Å². The zero-order chi connectivity index (χ0) is 12.1. The summed E-state index contributed by atoms with van der Waals surface area (Å²) in [6.07, 6.45) is 0. The van der Waals surface area contributed by atoms with Gasteiger partial charge in [-0.3, -0.25) is 0 Å². The lowest BCUT2D eigenvalue weighted by atomic mass is 10.2. The van der Waals surface area contributed by atoms with Gasteiger partial charge in [-0.2, -0.15) is 0 Å². The van der Waals surface area contributed by atoms with Crippen LogP contribution >= 0.6 is 23.2 Å². The van der Waals surface area contributed by atoms with Crippen molar-refractivity contribution >= 4 is 23.2 Å². The number of ether oxygens (including phenoxy) is 1. The minimum absolute atomic E-state index is 0.515. The van der Waals surface area contributed by atoms with E-state index in [0.717, 1.165) is 21.9 Å².